The maximum absolute atomic E-state index is 10.6. The van der Waals surface area contributed by atoms with Crippen molar-refractivity contribution in [2.24, 2.45) is 0 Å². The van der Waals surface area contributed by atoms with Gasteiger partial charge in [-0.05, 0) is 6.07 Å². The minimum absolute atomic E-state index is 0.0405. The lowest BCUT2D eigenvalue weighted by molar-refractivity contribution is 0.177. The van der Waals surface area contributed by atoms with Gasteiger partial charge in [0, 0.05) is 5.56 Å². The van der Waals surface area contributed by atoms with Gasteiger partial charge in [-0.25, -0.2) is 4.79 Å². The molecule has 1 aromatic heterocycles. The molecule has 2 rings (SSSR count). The summed E-state index contributed by atoms with van der Waals surface area (Å²) in [5.41, 5.74) is 0.941. The Bertz CT molecular complexity index is 255. The molecule has 1 atom stereocenters. The highest BCUT2D eigenvalue weighted by Gasteiger charge is 2.23. The topological polar surface area (TPSA) is 51.5 Å². The van der Waals surface area contributed by atoms with Crippen molar-refractivity contribution in [1.29, 1.82) is 0 Å². The zero-order valence-electron chi connectivity index (χ0n) is 5.74. The minimum atomic E-state index is -0.365. The molecule has 0 bridgehead atoms. The van der Waals surface area contributed by atoms with Gasteiger partial charge in [0.25, 0.3) is 0 Å². The number of ether oxygens (including phenoxy) is 1. The number of alkyl carbamates (subject to hydrolysis) is 1. The maximum Gasteiger partial charge on any atom is 0.407 e. The van der Waals surface area contributed by atoms with Crippen molar-refractivity contribution < 1.29 is 13.9 Å². The number of rotatable bonds is 1. The molecule has 58 valence electrons. The number of cyclic esters (lactones) is 1. The monoisotopic (exact) mass is 153 g/mol. The van der Waals surface area contributed by atoms with Crippen LogP contribution in [0.2, 0.25) is 0 Å². The fourth-order valence-corrected chi connectivity index (χ4v) is 1.04. The first-order chi connectivity index (χ1) is 5.36. The number of carbonyl (C=O) groups is 1. The number of carbonyl (C=O) groups excluding carboxylic acids is 1. The van der Waals surface area contributed by atoms with E-state index >= 15 is 0 Å². The quantitative estimate of drug-likeness (QED) is 0.656. The molecule has 1 N–H and O–H groups in total. The van der Waals surface area contributed by atoms with E-state index in [4.69, 9.17) is 9.15 Å². The SMILES string of the molecule is O=C1N[C@@H](c2ccoc2)CO1. The van der Waals surface area contributed by atoms with Crippen molar-refractivity contribution in [2.75, 3.05) is 6.61 Å². The van der Waals surface area contributed by atoms with E-state index in [-0.39, 0.29) is 12.1 Å². The lowest BCUT2D eigenvalue weighted by Crippen LogP contribution is -2.17. The van der Waals surface area contributed by atoms with Crippen LogP contribution in [0.3, 0.4) is 0 Å². The molecule has 0 saturated carbocycles. The summed E-state index contributed by atoms with van der Waals surface area (Å²) in [5, 5.41) is 2.64. The minimum Gasteiger partial charge on any atom is -0.472 e. The van der Waals surface area contributed by atoms with Crippen LogP contribution in [0.25, 0.3) is 0 Å². The van der Waals surface area contributed by atoms with Crippen LogP contribution in [0.5, 0.6) is 0 Å². The molecule has 0 unspecified atom stereocenters. The van der Waals surface area contributed by atoms with Crippen LogP contribution >= 0.6 is 0 Å². The summed E-state index contributed by atoms with van der Waals surface area (Å²) in [7, 11) is 0. The van der Waals surface area contributed by atoms with E-state index in [1.54, 1.807) is 18.6 Å². The van der Waals surface area contributed by atoms with E-state index in [2.05, 4.69) is 5.32 Å². The van der Waals surface area contributed by atoms with Crippen LogP contribution in [0, 0.1) is 0 Å². The molecule has 0 aliphatic carbocycles. The van der Waals surface area contributed by atoms with Gasteiger partial charge in [0.15, 0.2) is 0 Å². The van der Waals surface area contributed by atoms with E-state index in [1.165, 1.54) is 0 Å². The number of hydrogen-bond donors (Lipinski definition) is 1. The predicted molar refractivity (Wildman–Crippen MR) is 35.9 cm³/mol. The molecule has 1 saturated heterocycles. The van der Waals surface area contributed by atoms with E-state index in [9.17, 15) is 4.79 Å². The molecule has 1 aromatic rings. The molecule has 2 heterocycles. The Morgan fingerprint density at radius 2 is 2.55 bits per heavy atom. The van der Waals surface area contributed by atoms with Gasteiger partial charge >= 0.3 is 6.09 Å². The molecule has 11 heavy (non-hydrogen) atoms. The fraction of sp³-hybridized carbons (Fsp3) is 0.286. The van der Waals surface area contributed by atoms with Crippen molar-refractivity contribution in [2.45, 2.75) is 6.04 Å². The normalized spacial score (nSPS) is 22.9. The smallest absolute Gasteiger partial charge is 0.407 e. The van der Waals surface area contributed by atoms with Crippen LogP contribution in [0.1, 0.15) is 11.6 Å². The third-order valence-corrected chi connectivity index (χ3v) is 1.62. The lowest BCUT2D eigenvalue weighted by atomic mass is 10.2. The number of furan rings is 1. The maximum atomic E-state index is 10.6. The van der Waals surface area contributed by atoms with Crippen molar-refractivity contribution in [3.63, 3.8) is 0 Å². The summed E-state index contributed by atoms with van der Waals surface area (Å²) in [6, 6.07) is 1.76. The Morgan fingerprint density at radius 1 is 1.64 bits per heavy atom. The van der Waals surface area contributed by atoms with Gasteiger partial charge in [0.05, 0.1) is 18.6 Å². The Hall–Kier alpha value is -1.45. The van der Waals surface area contributed by atoms with Crippen molar-refractivity contribution >= 4 is 6.09 Å². The van der Waals surface area contributed by atoms with Gasteiger partial charge < -0.3 is 14.5 Å². The molecule has 4 heteroatoms. The van der Waals surface area contributed by atoms with Gasteiger partial charge in [-0.1, -0.05) is 0 Å². The highest BCUT2D eigenvalue weighted by molar-refractivity contribution is 5.69. The van der Waals surface area contributed by atoms with Gasteiger partial charge in [-0.2, -0.15) is 0 Å². The summed E-state index contributed by atoms with van der Waals surface area (Å²) in [6.07, 6.45) is 2.80. The van der Waals surface area contributed by atoms with Crippen LogP contribution in [0.4, 0.5) is 4.79 Å². The first-order valence-corrected chi connectivity index (χ1v) is 3.31. The molecule has 1 amide bonds. The van der Waals surface area contributed by atoms with Gasteiger partial charge in [0.1, 0.15) is 6.61 Å². The molecular formula is C7H7NO3. The van der Waals surface area contributed by atoms with Crippen LogP contribution in [-0.2, 0) is 4.74 Å². The molecule has 1 aliphatic rings. The van der Waals surface area contributed by atoms with E-state index < -0.39 is 0 Å². The predicted octanol–water partition coefficient (Wildman–Crippen LogP) is 1.06. The second-order valence-corrected chi connectivity index (χ2v) is 2.35. The molecular weight excluding hydrogens is 146 g/mol. The standard InChI is InChI=1S/C7H7NO3/c9-7-8-6(4-11-7)5-1-2-10-3-5/h1-3,6H,4H2,(H,8,9)/t6-/m1/s1. The summed E-state index contributed by atoms with van der Waals surface area (Å²) < 4.78 is 9.55. The van der Waals surface area contributed by atoms with E-state index in [1.807, 2.05) is 0 Å². The molecule has 1 fully saturated rings. The zero-order valence-corrected chi connectivity index (χ0v) is 5.74. The molecule has 0 radical (unpaired) electrons. The van der Waals surface area contributed by atoms with Crippen molar-refractivity contribution in [1.82, 2.24) is 5.32 Å². The number of hydrogen-bond acceptors (Lipinski definition) is 3. The van der Waals surface area contributed by atoms with Gasteiger partial charge in [-0.3, -0.25) is 0 Å². The summed E-state index contributed by atoms with van der Waals surface area (Å²) in [5.74, 6) is 0. The average Bonchev–Trinajstić information content (AvgIpc) is 2.55. The molecule has 1 aliphatic heterocycles. The third-order valence-electron chi connectivity index (χ3n) is 1.62. The summed E-state index contributed by atoms with van der Waals surface area (Å²) in [4.78, 5) is 10.6. The lowest BCUT2D eigenvalue weighted by Gasteiger charge is -2.00. The van der Waals surface area contributed by atoms with Crippen molar-refractivity contribution in [3.05, 3.63) is 24.2 Å². The Morgan fingerprint density at radius 3 is 3.09 bits per heavy atom. The second-order valence-electron chi connectivity index (χ2n) is 2.35. The molecule has 0 aromatic carbocycles. The van der Waals surface area contributed by atoms with E-state index in [0.717, 1.165) is 5.56 Å². The largest absolute Gasteiger partial charge is 0.472 e. The van der Waals surface area contributed by atoms with Crippen LogP contribution < -0.4 is 5.32 Å². The highest BCUT2D eigenvalue weighted by Crippen LogP contribution is 2.17. The Balaban J connectivity index is 2.13. The van der Waals surface area contributed by atoms with Crippen LogP contribution in [0.15, 0.2) is 23.0 Å². The first kappa shape index (κ1) is 6.27. The first-order valence-electron chi connectivity index (χ1n) is 3.31. The third kappa shape index (κ3) is 1.07. The fourth-order valence-electron chi connectivity index (χ4n) is 1.04. The van der Waals surface area contributed by atoms with Gasteiger partial charge in [-0.15, -0.1) is 0 Å². The zero-order chi connectivity index (χ0) is 7.68. The van der Waals surface area contributed by atoms with Gasteiger partial charge in [0.2, 0.25) is 0 Å². The highest BCUT2D eigenvalue weighted by atomic mass is 16.6. The summed E-state index contributed by atoms with van der Waals surface area (Å²) >= 11 is 0. The Kier molecular flexibility index (Phi) is 1.31. The average molecular weight is 153 g/mol. The van der Waals surface area contributed by atoms with Crippen molar-refractivity contribution in [3.8, 4) is 0 Å². The number of amides is 1. The van der Waals surface area contributed by atoms with E-state index in [0.29, 0.717) is 6.61 Å². The number of nitrogens with one attached hydrogen (secondary N) is 1. The second kappa shape index (κ2) is 2.30. The summed E-state index contributed by atoms with van der Waals surface area (Å²) in [6.45, 7) is 0.387. The molecule has 0 spiro atoms. The molecule has 4 nitrogen and oxygen atoms in total. The van der Waals surface area contributed by atoms with Crippen LogP contribution in [-0.4, -0.2) is 12.7 Å². The Labute approximate surface area is 63.1 Å².